The van der Waals surface area contributed by atoms with E-state index in [1.807, 2.05) is 6.92 Å². The number of nitrogens with zero attached hydrogens (tertiary/aromatic N) is 1. The van der Waals surface area contributed by atoms with Crippen LogP contribution in [0.25, 0.3) is 0 Å². The summed E-state index contributed by atoms with van der Waals surface area (Å²) in [6.45, 7) is 4.73. The van der Waals surface area contributed by atoms with Gasteiger partial charge in [-0.15, -0.1) is 0 Å². The van der Waals surface area contributed by atoms with Crippen molar-refractivity contribution in [1.29, 1.82) is 0 Å². The van der Waals surface area contributed by atoms with E-state index in [1.165, 1.54) is 18.2 Å². The highest BCUT2D eigenvalue weighted by Crippen LogP contribution is 2.32. The molecule has 116 valence electrons. The van der Waals surface area contributed by atoms with E-state index < -0.39 is 11.6 Å². The third-order valence-electron chi connectivity index (χ3n) is 4.49. The Morgan fingerprint density at radius 3 is 2.52 bits per heavy atom. The standard InChI is InChI=1S/C16H21F2NO2/c1-11(15-13(17)5-2-6-14(15)18)19-7-3-4-12(10-19)16-20-8-9-21-16/h2,5-6,11-12,16H,3-4,7-10H2,1H3. The van der Waals surface area contributed by atoms with Crippen molar-refractivity contribution < 1.29 is 18.3 Å². The van der Waals surface area contributed by atoms with Gasteiger partial charge in [0.2, 0.25) is 0 Å². The van der Waals surface area contributed by atoms with Crippen molar-refractivity contribution in [2.75, 3.05) is 26.3 Å². The van der Waals surface area contributed by atoms with Crippen LogP contribution in [-0.4, -0.2) is 37.5 Å². The Balaban J connectivity index is 1.73. The van der Waals surface area contributed by atoms with Gasteiger partial charge >= 0.3 is 0 Å². The topological polar surface area (TPSA) is 21.7 Å². The summed E-state index contributed by atoms with van der Waals surface area (Å²) in [5.41, 5.74) is 0.159. The van der Waals surface area contributed by atoms with Gasteiger partial charge in [0.15, 0.2) is 6.29 Å². The van der Waals surface area contributed by atoms with Crippen molar-refractivity contribution in [1.82, 2.24) is 4.90 Å². The smallest absolute Gasteiger partial charge is 0.161 e. The van der Waals surface area contributed by atoms with Gasteiger partial charge in [0.25, 0.3) is 0 Å². The van der Waals surface area contributed by atoms with E-state index >= 15 is 0 Å². The lowest BCUT2D eigenvalue weighted by Gasteiger charge is -2.38. The molecule has 0 amide bonds. The quantitative estimate of drug-likeness (QED) is 0.855. The highest BCUT2D eigenvalue weighted by molar-refractivity contribution is 5.23. The number of piperidine rings is 1. The fourth-order valence-electron chi connectivity index (χ4n) is 3.36. The Labute approximate surface area is 123 Å². The maximum absolute atomic E-state index is 13.9. The molecule has 2 atom stereocenters. The molecule has 3 rings (SSSR count). The number of halogens is 2. The molecule has 0 aliphatic carbocycles. The van der Waals surface area contributed by atoms with Crippen LogP contribution in [0, 0.1) is 17.6 Å². The van der Waals surface area contributed by atoms with Crippen molar-refractivity contribution >= 4 is 0 Å². The van der Waals surface area contributed by atoms with Gasteiger partial charge in [0, 0.05) is 24.1 Å². The highest BCUT2D eigenvalue weighted by Gasteiger charge is 2.33. The second kappa shape index (κ2) is 6.38. The Bertz CT molecular complexity index is 471. The minimum atomic E-state index is -0.474. The molecule has 21 heavy (non-hydrogen) atoms. The van der Waals surface area contributed by atoms with Crippen LogP contribution < -0.4 is 0 Å². The Morgan fingerprint density at radius 2 is 1.86 bits per heavy atom. The minimum Gasteiger partial charge on any atom is -0.350 e. The fraction of sp³-hybridized carbons (Fsp3) is 0.625. The number of hydrogen-bond donors (Lipinski definition) is 0. The second-order valence-electron chi connectivity index (χ2n) is 5.82. The molecule has 2 heterocycles. The maximum Gasteiger partial charge on any atom is 0.161 e. The first kappa shape index (κ1) is 14.9. The second-order valence-corrected chi connectivity index (χ2v) is 5.82. The lowest BCUT2D eigenvalue weighted by molar-refractivity contribution is -0.103. The molecule has 5 heteroatoms. The van der Waals surface area contributed by atoms with Gasteiger partial charge in [-0.3, -0.25) is 4.90 Å². The zero-order valence-electron chi connectivity index (χ0n) is 12.2. The van der Waals surface area contributed by atoms with Gasteiger partial charge in [-0.1, -0.05) is 6.07 Å². The van der Waals surface area contributed by atoms with Gasteiger partial charge in [-0.25, -0.2) is 8.78 Å². The first-order chi connectivity index (χ1) is 10.2. The van der Waals surface area contributed by atoms with Crippen molar-refractivity contribution in [2.24, 2.45) is 5.92 Å². The van der Waals surface area contributed by atoms with E-state index in [2.05, 4.69) is 4.90 Å². The van der Waals surface area contributed by atoms with Crippen molar-refractivity contribution in [3.63, 3.8) is 0 Å². The summed E-state index contributed by atoms with van der Waals surface area (Å²) in [4.78, 5) is 2.13. The summed E-state index contributed by atoms with van der Waals surface area (Å²) in [5.74, 6) is -0.672. The Kier molecular flexibility index (Phi) is 4.52. The summed E-state index contributed by atoms with van der Waals surface area (Å²) in [5, 5.41) is 0. The number of ether oxygens (including phenoxy) is 2. The third kappa shape index (κ3) is 3.10. The van der Waals surface area contributed by atoms with Crippen LogP contribution in [0.3, 0.4) is 0 Å². The van der Waals surface area contributed by atoms with Gasteiger partial charge < -0.3 is 9.47 Å². The van der Waals surface area contributed by atoms with E-state index in [-0.39, 0.29) is 23.8 Å². The summed E-state index contributed by atoms with van der Waals surface area (Å²) in [6.07, 6.45) is 1.87. The highest BCUT2D eigenvalue weighted by atomic mass is 19.1. The molecule has 0 spiro atoms. The lowest BCUT2D eigenvalue weighted by atomic mass is 9.94. The normalized spacial score (nSPS) is 26.1. The predicted octanol–water partition coefficient (Wildman–Crippen LogP) is 3.11. The molecule has 2 aliphatic rings. The lowest BCUT2D eigenvalue weighted by Crippen LogP contribution is -2.42. The largest absolute Gasteiger partial charge is 0.350 e. The zero-order chi connectivity index (χ0) is 14.8. The van der Waals surface area contributed by atoms with Crippen molar-refractivity contribution in [2.45, 2.75) is 32.1 Å². The first-order valence-electron chi connectivity index (χ1n) is 7.58. The van der Waals surface area contributed by atoms with Crippen molar-refractivity contribution in [3.8, 4) is 0 Å². The van der Waals surface area contributed by atoms with Crippen LogP contribution in [0.15, 0.2) is 18.2 Å². The van der Waals surface area contributed by atoms with E-state index in [9.17, 15) is 8.78 Å². The molecule has 1 aromatic rings. The van der Waals surface area contributed by atoms with Gasteiger partial charge in [0.05, 0.1) is 13.2 Å². The van der Waals surface area contributed by atoms with Gasteiger partial charge in [0.1, 0.15) is 11.6 Å². The monoisotopic (exact) mass is 297 g/mol. The maximum atomic E-state index is 13.9. The van der Waals surface area contributed by atoms with Crippen molar-refractivity contribution in [3.05, 3.63) is 35.4 Å². The van der Waals surface area contributed by atoms with Crippen LogP contribution >= 0.6 is 0 Å². The number of benzene rings is 1. The number of hydrogen-bond acceptors (Lipinski definition) is 3. The molecule has 0 N–H and O–H groups in total. The van der Waals surface area contributed by atoms with Crippen LogP contribution in [0.4, 0.5) is 8.78 Å². The molecular weight excluding hydrogens is 276 g/mol. The fourth-order valence-corrected chi connectivity index (χ4v) is 3.36. The summed E-state index contributed by atoms with van der Waals surface area (Å²) < 4.78 is 39.0. The molecule has 0 bridgehead atoms. The predicted molar refractivity (Wildman–Crippen MR) is 74.8 cm³/mol. The average molecular weight is 297 g/mol. The molecule has 0 saturated carbocycles. The van der Waals surface area contributed by atoms with Crippen LogP contribution in [0.1, 0.15) is 31.4 Å². The number of rotatable bonds is 3. The van der Waals surface area contributed by atoms with Gasteiger partial charge in [-0.2, -0.15) is 0 Å². The molecule has 0 aromatic heterocycles. The summed E-state index contributed by atoms with van der Waals surface area (Å²) in [7, 11) is 0. The summed E-state index contributed by atoms with van der Waals surface area (Å²) >= 11 is 0. The SMILES string of the molecule is CC(c1c(F)cccc1F)N1CCCC(C2OCCO2)C1. The zero-order valence-corrected chi connectivity index (χ0v) is 12.2. The van der Waals surface area contributed by atoms with Crippen LogP contribution in [0.5, 0.6) is 0 Å². The van der Waals surface area contributed by atoms with Crippen LogP contribution in [-0.2, 0) is 9.47 Å². The summed E-state index contributed by atoms with van der Waals surface area (Å²) in [6, 6.07) is 3.76. The molecule has 2 saturated heterocycles. The molecule has 2 unspecified atom stereocenters. The molecule has 2 aliphatic heterocycles. The minimum absolute atomic E-state index is 0.159. The average Bonchev–Trinajstić information content (AvgIpc) is 3.01. The number of likely N-dealkylation sites (tertiary alicyclic amines) is 1. The van der Waals surface area contributed by atoms with Crippen LogP contribution in [0.2, 0.25) is 0 Å². The molecular formula is C16H21F2NO2. The molecule has 3 nitrogen and oxygen atoms in total. The van der Waals surface area contributed by atoms with Gasteiger partial charge in [-0.05, 0) is 38.4 Å². The molecule has 0 radical (unpaired) electrons. The van der Waals surface area contributed by atoms with E-state index in [1.54, 1.807) is 0 Å². The third-order valence-corrected chi connectivity index (χ3v) is 4.49. The molecule has 1 aromatic carbocycles. The van der Waals surface area contributed by atoms with E-state index in [0.717, 1.165) is 25.9 Å². The van der Waals surface area contributed by atoms with E-state index in [4.69, 9.17) is 9.47 Å². The first-order valence-corrected chi connectivity index (χ1v) is 7.58. The Hall–Kier alpha value is -1.04. The van der Waals surface area contributed by atoms with E-state index in [0.29, 0.717) is 13.2 Å². The Morgan fingerprint density at radius 1 is 1.19 bits per heavy atom. The molecule has 2 fully saturated rings.